The molecule has 0 aliphatic carbocycles. The Hall–Kier alpha value is -2.28. The second kappa shape index (κ2) is 4.92. The molecule has 7 nitrogen and oxygen atoms in total. The molecule has 94 valence electrons. The van der Waals surface area contributed by atoms with E-state index in [4.69, 9.17) is 21.4 Å². The van der Waals surface area contributed by atoms with Crippen LogP contribution in [0.15, 0.2) is 18.2 Å². The van der Waals surface area contributed by atoms with E-state index >= 15 is 0 Å². The van der Waals surface area contributed by atoms with Gasteiger partial charge in [0.1, 0.15) is 11.3 Å². The zero-order valence-corrected chi connectivity index (χ0v) is 10.0. The summed E-state index contributed by atoms with van der Waals surface area (Å²) in [4.78, 5) is 18.4. The monoisotopic (exact) mass is 268 g/mol. The SMILES string of the molecule is COc1cccc2c(NNC(=O)O)nc(Cl)nc12. The summed E-state index contributed by atoms with van der Waals surface area (Å²) in [7, 11) is 1.51. The number of methoxy groups -OCH3 is 1. The topological polar surface area (TPSA) is 96.4 Å². The molecule has 0 atom stereocenters. The zero-order chi connectivity index (χ0) is 13.1. The number of anilines is 1. The number of nitrogens with one attached hydrogen (secondary N) is 2. The average molecular weight is 269 g/mol. The summed E-state index contributed by atoms with van der Waals surface area (Å²) >= 11 is 5.78. The molecule has 0 aliphatic rings. The third kappa shape index (κ3) is 2.35. The first-order valence-corrected chi connectivity index (χ1v) is 5.25. The number of amides is 1. The Morgan fingerprint density at radius 1 is 1.44 bits per heavy atom. The van der Waals surface area contributed by atoms with Gasteiger partial charge < -0.3 is 9.84 Å². The molecule has 0 bridgehead atoms. The number of ether oxygens (including phenoxy) is 1. The van der Waals surface area contributed by atoms with Crippen LogP contribution in [0.5, 0.6) is 5.75 Å². The molecule has 1 amide bonds. The summed E-state index contributed by atoms with van der Waals surface area (Å²) < 4.78 is 5.15. The van der Waals surface area contributed by atoms with Crippen molar-refractivity contribution in [3.05, 3.63) is 23.5 Å². The van der Waals surface area contributed by atoms with Gasteiger partial charge in [-0.3, -0.25) is 5.43 Å². The Balaban J connectivity index is 2.55. The minimum Gasteiger partial charge on any atom is -0.494 e. The van der Waals surface area contributed by atoms with Gasteiger partial charge in [-0.15, -0.1) is 0 Å². The standard InChI is InChI=1S/C10H9ClN4O3/c1-18-6-4-2-3-5-7(6)12-9(11)13-8(5)14-15-10(16)17/h2-4,15H,1H3,(H,16,17)(H,12,13,14). The number of nitrogens with zero attached hydrogens (tertiary/aromatic N) is 2. The quantitative estimate of drug-likeness (QED) is 0.581. The number of hydrogen-bond donors (Lipinski definition) is 3. The van der Waals surface area contributed by atoms with E-state index in [9.17, 15) is 4.79 Å². The van der Waals surface area contributed by atoms with Crippen molar-refractivity contribution in [2.24, 2.45) is 0 Å². The van der Waals surface area contributed by atoms with Crippen LogP contribution < -0.4 is 15.6 Å². The number of aromatic nitrogens is 2. The molecule has 8 heteroatoms. The third-order valence-corrected chi connectivity index (χ3v) is 2.34. The van der Waals surface area contributed by atoms with E-state index in [1.165, 1.54) is 7.11 Å². The van der Waals surface area contributed by atoms with Crippen molar-refractivity contribution in [2.75, 3.05) is 12.5 Å². The largest absolute Gasteiger partial charge is 0.494 e. The first-order chi connectivity index (χ1) is 8.61. The lowest BCUT2D eigenvalue weighted by molar-refractivity contribution is 0.197. The van der Waals surface area contributed by atoms with Crippen LogP contribution in [0.3, 0.4) is 0 Å². The predicted molar refractivity (Wildman–Crippen MR) is 65.9 cm³/mol. The molecule has 18 heavy (non-hydrogen) atoms. The third-order valence-electron chi connectivity index (χ3n) is 2.17. The maximum absolute atomic E-state index is 10.4. The number of hydrazine groups is 1. The van der Waals surface area contributed by atoms with E-state index in [0.717, 1.165) is 0 Å². The fraction of sp³-hybridized carbons (Fsp3) is 0.100. The van der Waals surface area contributed by atoms with Crippen LogP contribution in [0.4, 0.5) is 10.6 Å². The molecule has 3 N–H and O–H groups in total. The smallest absolute Gasteiger partial charge is 0.423 e. The molecule has 1 aromatic carbocycles. The van der Waals surface area contributed by atoms with Crippen LogP contribution in [-0.4, -0.2) is 28.3 Å². The summed E-state index contributed by atoms with van der Waals surface area (Å²) in [5.74, 6) is 0.779. The summed E-state index contributed by atoms with van der Waals surface area (Å²) in [6.07, 6.45) is -1.24. The number of para-hydroxylation sites is 1. The number of rotatable bonds is 3. The number of hydrogen-bond acceptors (Lipinski definition) is 5. The highest BCUT2D eigenvalue weighted by atomic mass is 35.5. The molecule has 0 radical (unpaired) electrons. The summed E-state index contributed by atoms with van der Waals surface area (Å²) in [6, 6.07) is 5.19. The van der Waals surface area contributed by atoms with E-state index in [1.807, 2.05) is 5.43 Å². The molecule has 0 aliphatic heterocycles. The minimum atomic E-state index is -1.24. The molecule has 0 spiro atoms. The molecular weight excluding hydrogens is 260 g/mol. The number of carbonyl (C=O) groups is 1. The highest BCUT2D eigenvalue weighted by Crippen LogP contribution is 2.28. The van der Waals surface area contributed by atoms with Gasteiger partial charge in [-0.1, -0.05) is 6.07 Å². The number of fused-ring (bicyclic) bond motifs is 1. The van der Waals surface area contributed by atoms with Gasteiger partial charge in [-0.25, -0.2) is 15.2 Å². The molecule has 1 aromatic heterocycles. The van der Waals surface area contributed by atoms with Crippen molar-refractivity contribution < 1.29 is 14.6 Å². The van der Waals surface area contributed by atoms with Gasteiger partial charge in [0, 0.05) is 5.39 Å². The molecule has 0 saturated heterocycles. The zero-order valence-electron chi connectivity index (χ0n) is 9.27. The maximum atomic E-state index is 10.4. The first kappa shape index (κ1) is 12.2. The highest BCUT2D eigenvalue weighted by molar-refractivity contribution is 6.29. The number of carboxylic acid groups (broad SMARTS) is 1. The Morgan fingerprint density at radius 3 is 2.89 bits per heavy atom. The van der Waals surface area contributed by atoms with Gasteiger partial charge in [-0.05, 0) is 23.7 Å². The Kier molecular flexibility index (Phi) is 3.33. The van der Waals surface area contributed by atoms with Crippen LogP contribution in [0.2, 0.25) is 5.28 Å². The fourth-order valence-electron chi connectivity index (χ4n) is 1.47. The van der Waals surface area contributed by atoms with Gasteiger partial charge in [0.25, 0.3) is 0 Å². The van der Waals surface area contributed by atoms with Gasteiger partial charge in [0.05, 0.1) is 7.11 Å². The Labute approximate surface area is 107 Å². The predicted octanol–water partition coefficient (Wildman–Crippen LogP) is 1.89. The van der Waals surface area contributed by atoms with Crippen LogP contribution in [0, 0.1) is 0 Å². The highest BCUT2D eigenvalue weighted by Gasteiger charge is 2.10. The summed E-state index contributed by atoms with van der Waals surface area (Å²) in [6.45, 7) is 0. The van der Waals surface area contributed by atoms with Crippen molar-refractivity contribution in [1.82, 2.24) is 15.4 Å². The molecule has 2 rings (SSSR count). The molecule has 1 heterocycles. The van der Waals surface area contributed by atoms with E-state index in [0.29, 0.717) is 16.7 Å². The van der Waals surface area contributed by atoms with Crippen molar-refractivity contribution >= 4 is 34.4 Å². The Bertz CT molecular complexity index is 605. The van der Waals surface area contributed by atoms with Gasteiger partial charge in [0.2, 0.25) is 5.28 Å². The van der Waals surface area contributed by atoms with E-state index < -0.39 is 6.09 Å². The molecule has 2 aromatic rings. The van der Waals surface area contributed by atoms with E-state index in [1.54, 1.807) is 18.2 Å². The van der Waals surface area contributed by atoms with Gasteiger partial charge in [-0.2, -0.15) is 4.98 Å². The van der Waals surface area contributed by atoms with Crippen LogP contribution in [0.25, 0.3) is 10.9 Å². The van der Waals surface area contributed by atoms with Crippen LogP contribution in [-0.2, 0) is 0 Å². The molecule has 0 saturated carbocycles. The van der Waals surface area contributed by atoms with Gasteiger partial charge >= 0.3 is 6.09 Å². The van der Waals surface area contributed by atoms with Crippen LogP contribution >= 0.6 is 11.6 Å². The first-order valence-electron chi connectivity index (χ1n) is 4.87. The second-order valence-corrected chi connectivity index (χ2v) is 3.59. The second-order valence-electron chi connectivity index (χ2n) is 3.25. The number of benzene rings is 1. The minimum absolute atomic E-state index is 0.0123. The average Bonchev–Trinajstić information content (AvgIpc) is 2.35. The normalized spacial score (nSPS) is 10.1. The van der Waals surface area contributed by atoms with E-state index in [2.05, 4.69) is 15.4 Å². The molecule has 0 fully saturated rings. The van der Waals surface area contributed by atoms with Gasteiger partial charge in [0.15, 0.2) is 5.82 Å². The van der Waals surface area contributed by atoms with Crippen molar-refractivity contribution in [2.45, 2.75) is 0 Å². The van der Waals surface area contributed by atoms with Crippen LogP contribution in [0.1, 0.15) is 0 Å². The van der Waals surface area contributed by atoms with Crippen molar-refractivity contribution in [3.8, 4) is 5.75 Å². The maximum Gasteiger partial charge on any atom is 0.423 e. The lowest BCUT2D eigenvalue weighted by Gasteiger charge is -2.10. The molecule has 0 unspecified atom stereocenters. The van der Waals surface area contributed by atoms with Crippen molar-refractivity contribution in [1.29, 1.82) is 0 Å². The summed E-state index contributed by atoms with van der Waals surface area (Å²) in [5.41, 5.74) is 4.93. The Morgan fingerprint density at radius 2 is 2.22 bits per heavy atom. The molecular formula is C10H9ClN4O3. The summed E-state index contributed by atoms with van der Waals surface area (Å²) in [5, 5.41) is 9.12. The van der Waals surface area contributed by atoms with E-state index in [-0.39, 0.29) is 11.1 Å². The fourth-order valence-corrected chi connectivity index (χ4v) is 1.64. The number of halogens is 1. The lowest BCUT2D eigenvalue weighted by atomic mass is 10.2. The van der Waals surface area contributed by atoms with Crippen molar-refractivity contribution in [3.63, 3.8) is 0 Å². The lowest BCUT2D eigenvalue weighted by Crippen LogP contribution is -2.28.